The fourth-order valence-electron chi connectivity index (χ4n) is 3.28. The van der Waals surface area contributed by atoms with Crippen LogP contribution in [0, 0.1) is 17.2 Å². The number of alkyl halides is 2. The number of nitriles is 1. The van der Waals surface area contributed by atoms with Crippen LogP contribution >= 0.6 is 15.9 Å². The van der Waals surface area contributed by atoms with Crippen molar-refractivity contribution in [3.8, 4) is 6.07 Å². The zero-order valence-electron chi connectivity index (χ0n) is 12.5. The summed E-state index contributed by atoms with van der Waals surface area (Å²) in [5, 5.41) is 11.8. The Morgan fingerprint density at radius 1 is 1.30 bits per heavy atom. The van der Waals surface area contributed by atoms with Crippen molar-refractivity contribution in [2.45, 2.75) is 49.5 Å². The lowest BCUT2D eigenvalue weighted by molar-refractivity contribution is -0.134. The molecule has 2 atom stereocenters. The highest BCUT2D eigenvalue weighted by atomic mass is 79.9. The summed E-state index contributed by atoms with van der Waals surface area (Å²) in [6.45, 7) is 0. The Kier molecular flexibility index (Phi) is 4.18. The number of benzene rings is 1. The standard InChI is InChI=1S/C17H17BrF2N2O/c18-14-4-2-1-3-12(14)11-5-6-17(19,20)9-13(11)15(23)22-16(10-21)7-8-16/h1-4,11,13H,5-9H2,(H,22,23). The summed E-state index contributed by atoms with van der Waals surface area (Å²) < 4.78 is 28.6. The van der Waals surface area contributed by atoms with Crippen molar-refractivity contribution >= 4 is 21.8 Å². The zero-order chi connectivity index (χ0) is 16.7. The van der Waals surface area contributed by atoms with E-state index in [0.29, 0.717) is 12.8 Å². The first kappa shape index (κ1) is 16.4. The third-order valence-electron chi connectivity index (χ3n) is 4.79. The summed E-state index contributed by atoms with van der Waals surface area (Å²) in [5.41, 5.74) is 0.0485. The molecule has 0 aromatic heterocycles. The number of carbonyl (C=O) groups is 1. The van der Waals surface area contributed by atoms with Crippen LogP contribution in [0.3, 0.4) is 0 Å². The normalized spacial score (nSPS) is 27.7. The van der Waals surface area contributed by atoms with E-state index in [0.717, 1.165) is 10.0 Å². The summed E-state index contributed by atoms with van der Waals surface area (Å²) in [6, 6.07) is 9.51. The predicted octanol–water partition coefficient (Wildman–Crippen LogP) is 4.14. The van der Waals surface area contributed by atoms with Gasteiger partial charge in [0.05, 0.1) is 12.0 Å². The minimum atomic E-state index is -2.83. The van der Waals surface area contributed by atoms with Gasteiger partial charge < -0.3 is 5.32 Å². The molecule has 1 N–H and O–H groups in total. The van der Waals surface area contributed by atoms with Gasteiger partial charge in [0.2, 0.25) is 11.8 Å². The van der Waals surface area contributed by atoms with E-state index in [4.69, 9.17) is 5.26 Å². The minimum Gasteiger partial charge on any atom is -0.338 e. The molecule has 0 saturated heterocycles. The Bertz CT molecular complexity index is 667. The highest BCUT2D eigenvalue weighted by Gasteiger charge is 2.50. The van der Waals surface area contributed by atoms with E-state index in [9.17, 15) is 13.6 Å². The largest absolute Gasteiger partial charge is 0.338 e. The van der Waals surface area contributed by atoms with Crippen molar-refractivity contribution in [3.63, 3.8) is 0 Å². The lowest BCUT2D eigenvalue weighted by Crippen LogP contribution is -2.45. The number of nitrogens with one attached hydrogen (secondary N) is 1. The average Bonchev–Trinajstić information content (AvgIpc) is 3.27. The van der Waals surface area contributed by atoms with Gasteiger partial charge in [0.1, 0.15) is 5.54 Å². The number of rotatable bonds is 3. The zero-order valence-corrected chi connectivity index (χ0v) is 14.1. The molecule has 1 amide bonds. The minimum absolute atomic E-state index is 0.216. The molecule has 0 spiro atoms. The third-order valence-corrected chi connectivity index (χ3v) is 5.52. The first-order valence-electron chi connectivity index (χ1n) is 7.71. The molecule has 0 radical (unpaired) electrons. The van der Waals surface area contributed by atoms with Crippen LogP contribution < -0.4 is 5.32 Å². The highest BCUT2D eigenvalue weighted by Crippen LogP contribution is 2.47. The van der Waals surface area contributed by atoms with Crippen LogP contribution in [0.4, 0.5) is 8.78 Å². The lowest BCUT2D eigenvalue weighted by atomic mass is 9.73. The first-order valence-corrected chi connectivity index (χ1v) is 8.51. The van der Waals surface area contributed by atoms with Gasteiger partial charge >= 0.3 is 0 Å². The van der Waals surface area contributed by atoms with E-state index in [-0.39, 0.29) is 18.8 Å². The topological polar surface area (TPSA) is 52.9 Å². The Labute approximate surface area is 142 Å². The molecule has 2 saturated carbocycles. The second-order valence-corrected chi connectivity index (χ2v) is 7.37. The fourth-order valence-corrected chi connectivity index (χ4v) is 3.85. The molecule has 6 heteroatoms. The van der Waals surface area contributed by atoms with Crippen molar-refractivity contribution in [2.24, 2.45) is 5.92 Å². The quantitative estimate of drug-likeness (QED) is 0.853. The molecule has 3 nitrogen and oxygen atoms in total. The number of hydrogen-bond acceptors (Lipinski definition) is 2. The van der Waals surface area contributed by atoms with Gasteiger partial charge in [-0.2, -0.15) is 5.26 Å². The first-order chi connectivity index (χ1) is 10.9. The molecule has 2 aliphatic rings. The Morgan fingerprint density at radius 2 is 2.00 bits per heavy atom. The van der Waals surface area contributed by atoms with Gasteiger partial charge in [-0.15, -0.1) is 0 Å². The van der Waals surface area contributed by atoms with Crippen molar-refractivity contribution < 1.29 is 13.6 Å². The van der Waals surface area contributed by atoms with Gasteiger partial charge in [0.15, 0.2) is 0 Å². The van der Waals surface area contributed by atoms with Crippen LogP contribution in [0.5, 0.6) is 0 Å². The maximum Gasteiger partial charge on any atom is 0.249 e. The Morgan fingerprint density at radius 3 is 2.61 bits per heavy atom. The van der Waals surface area contributed by atoms with E-state index in [1.54, 1.807) is 0 Å². The molecule has 2 unspecified atom stereocenters. The Balaban J connectivity index is 1.87. The predicted molar refractivity (Wildman–Crippen MR) is 84.9 cm³/mol. The van der Waals surface area contributed by atoms with Gasteiger partial charge in [-0.1, -0.05) is 34.1 Å². The van der Waals surface area contributed by atoms with Crippen molar-refractivity contribution in [2.75, 3.05) is 0 Å². The number of carbonyl (C=O) groups excluding carboxylic acids is 1. The number of halogens is 3. The summed E-state index contributed by atoms with van der Waals surface area (Å²) in [5.74, 6) is -4.34. The fraction of sp³-hybridized carbons (Fsp3) is 0.529. The van der Waals surface area contributed by atoms with Gasteiger partial charge in [-0.3, -0.25) is 4.79 Å². The molecule has 0 bridgehead atoms. The highest BCUT2D eigenvalue weighted by molar-refractivity contribution is 9.10. The number of amides is 1. The number of nitrogens with zero attached hydrogens (tertiary/aromatic N) is 1. The van der Waals surface area contributed by atoms with Crippen LogP contribution in [-0.4, -0.2) is 17.4 Å². The molecule has 23 heavy (non-hydrogen) atoms. The second kappa shape index (κ2) is 5.86. The van der Waals surface area contributed by atoms with E-state index in [2.05, 4.69) is 27.3 Å². The lowest BCUT2D eigenvalue weighted by Gasteiger charge is -2.36. The van der Waals surface area contributed by atoms with E-state index in [1.165, 1.54) is 0 Å². The molecular weight excluding hydrogens is 366 g/mol. The van der Waals surface area contributed by atoms with Crippen molar-refractivity contribution in [1.82, 2.24) is 5.32 Å². The smallest absolute Gasteiger partial charge is 0.249 e. The average molecular weight is 383 g/mol. The molecule has 0 heterocycles. The summed E-state index contributed by atoms with van der Waals surface area (Å²) in [4.78, 5) is 12.6. The molecular formula is C17H17BrF2N2O. The maximum atomic E-state index is 13.9. The molecule has 3 rings (SSSR count). The number of hydrogen-bond donors (Lipinski definition) is 1. The van der Waals surface area contributed by atoms with Crippen molar-refractivity contribution in [1.29, 1.82) is 5.26 Å². The molecule has 1 aromatic carbocycles. The maximum absolute atomic E-state index is 13.9. The summed E-state index contributed by atoms with van der Waals surface area (Å²) in [6.07, 6.45) is 0.766. The summed E-state index contributed by atoms with van der Waals surface area (Å²) in [7, 11) is 0. The SMILES string of the molecule is N#CC1(NC(=O)C2CC(F)(F)CCC2c2ccccc2Br)CC1. The van der Waals surface area contributed by atoms with Crippen LogP contribution in [0.25, 0.3) is 0 Å². The van der Waals surface area contributed by atoms with Crippen LogP contribution in [0.15, 0.2) is 28.7 Å². The van der Waals surface area contributed by atoms with Gasteiger partial charge in [-0.05, 0) is 36.8 Å². The van der Waals surface area contributed by atoms with Gasteiger partial charge in [-0.25, -0.2) is 8.78 Å². The summed E-state index contributed by atoms with van der Waals surface area (Å²) >= 11 is 3.45. The van der Waals surface area contributed by atoms with E-state index >= 15 is 0 Å². The van der Waals surface area contributed by atoms with Crippen LogP contribution in [0.1, 0.15) is 43.6 Å². The molecule has 122 valence electrons. The van der Waals surface area contributed by atoms with Crippen LogP contribution in [-0.2, 0) is 4.79 Å². The molecule has 2 fully saturated rings. The molecule has 0 aliphatic heterocycles. The molecule has 1 aromatic rings. The molecule has 2 aliphatic carbocycles. The van der Waals surface area contributed by atoms with E-state index < -0.39 is 29.7 Å². The Hall–Kier alpha value is -1.48. The van der Waals surface area contributed by atoms with Crippen LogP contribution in [0.2, 0.25) is 0 Å². The van der Waals surface area contributed by atoms with Crippen molar-refractivity contribution in [3.05, 3.63) is 34.3 Å². The van der Waals surface area contributed by atoms with Gasteiger partial charge in [0.25, 0.3) is 0 Å². The van der Waals surface area contributed by atoms with Gasteiger partial charge in [0, 0.05) is 17.3 Å². The monoisotopic (exact) mass is 382 g/mol. The van der Waals surface area contributed by atoms with E-state index in [1.807, 2.05) is 24.3 Å². The third kappa shape index (κ3) is 3.40. The second-order valence-electron chi connectivity index (χ2n) is 6.52.